The molecular formula is C13H21N3. The van der Waals surface area contributed by atoms with Gasteiger partial charge in [0.15, 0.2) is 0 Å². The highest BCUT2D eigenvalue weighted by molar-refractivity contribution is 5.54. The van der Waals surface area contributed by atoms with Gasteiger partial charge in [0, 0.05) is 36.5 Å². The second-order valence-electron chi connectivity index (χ2n) is 4.88. The molecule has 1 aromatic carbocycles. The van der Waals surface area contributed by atoms with Gasteiger partial charge in [0.2, 0.25) is 0 Å². The molecule has 1 fully saturated rings. The van der Waals surface area contributed by atoms with Crippen molar-refractivity contribution >= 4 is 11.4 Å². The van der Waals surface area contributed by atoms with Gasteiger partial charge in [-0.15, -0.1) is 0 Å². The number of piperazine rings is 1. The van der Waals surface area contributed by atoms with E-state index in [9.17, 15) is 0 Å². The van der Waals surface area contributed by atoms with Crippen molar-refractivity contribution in [2.75, 3.05) is 30.8 Å². The number of nitrogens with zero attached hydrogens (tertiary/aromatic N) is 2. The van der Waals surface area contributed by atoms with Crippen LogP contribution in [0.3, 0.4) is 0 Å². The van der Waals surface area contributed by atoms with Crippen LogP contribution >= 0.6 is 0 Å². The zero-order valence-electron chi connectivity index (χ0n) is 10.4. The molecule has 1 heterocycles. The minimum atomic E-state index is 0.560. The lowest BCUT2D eigenvalue weighted by Gasteiger charge is -2.43. The van der Waals surface area contributed by atoms with Crippen LogP contribution in [0.25, 0.3) is 0 Å². The van der Waals surface area contributed by atoms with Gasteiger partial charge in [-0.3, -0.25) is 4.90 Å². The molecule has 1 aromatic rings. The SMILES string of the molecule is C[C@@H]1CN(C)[C@@H](C)CN1c1ccc(N)cc1. The van der Waals surface area contributed by atoms with Crippen LogP contribution in [0, 0.1) is 0 Å². The highest BCUT2D eigenvalue weighted by Crippen LogP contribution is 2.23. The molecule has 0 aliphatic carbocycles. The van der Waals surface area contributed by atoms with Crippen LogP contribution in [0.5, 0.6) is 0 Å². The Labute approximate surface area is 97.8 Å². The van der Waals surface area contributed by atoms with E-state index in [0.29, 0.717) is 12.1 Å². The fourth-order valence-corrected chi connectivity index (χ4v) is 2.32. The Morgan fingerprint density at radius 3 is 2.31 bits per heavy atom. The Morgan fingerprint density at radius 2 is 1.69 bits per heavy atom. The van der Waals surface area contributed by atoms with E-state index in [1.807, 2.05) is 12.1 Å². The molecule has 0 aromatic heterocycles. The molecule has 3 nitrogen and oxygen atoms in total. The number of anilines is 2. The summed E-state index contributed by atoms with van der Waals surface area (Å²) in [6, 6.07) is 9.35. The Balaban J connectivity index is 2.17. The molecule has 0 unspecified atom stereocenters. The molecule has 3 heteroatoms. The largest absolute Gasteiger partial charge is 0.399 e. The van der Waals surface area contributed by atoms with Gasteiger partial charge in [-0.2, -0.15) is 0 Å². The molecule has 88 valence electrons. The van der Waals surface area contributed by atoms with Gasteiger partial charge in [0.25, 0.3) is 0 Å². The minimum Gasteiger partial charge on any atom is -0.399 e. The molecule has 1 saturated heterocycles. The van der Waals surface area contributed by atoms with Gasteiger partial charge in [0.05, 0.1) is 0 Å². The van der Waals surface area contributed by atoms with Crippen molar-refractivity contribution in [2.45, 2.75) is 25.9 Å². The zero-order chi connectivity index (χ0) is 11.7. The molecule has 0 spiro atoms. The number of nitrogen functional groups attached to an aromatic ring is 1. The smallest absolute Gasteiger partial charge is 0.0389 e. The van der Waals surface area contributed by atoms with Gasteiger partial charge in [-0.1, -0.05) is 0 Å². The van der Waals surface area contributed by atoms with E-state index in [4.69, 9.17) is 5.73 Å². The van der Waals surface area contributed by atoms with Crippen molar-refractivity contribution in [3.63, 3.8) is 0 Å². The van der Waals surface area contributed by atoms with E-state index in [0.717, 1.165) is 18.8 Å². The van der Waals surface area contributed by atoms with Crippen LogP contribution in [-0.2, 0) is 0 Å². The average Bonchev–Trinajstić information content (AvgIpc) is 2.25. The zero-order valence-corrected chi connectivity index (χ0v) is 10.4. The summed E-state index contributed by atoms with van der Waals surface area (Å²) >= 11 is 0. The predicted octanol–water partition coefficient (Wildman–Crippen LogP) is 1.80. The molecule has 0 saturated carbocycles. The van der Waals surface area contributed by atoms with E-state index in [-0.39, 0.29) is 0 Å². The van der Waals surface area contributed by atoms with E-state index in [1.54, 1.807) is 0 Å². The molecule has 0 radical (unpaired) electrons. The van der Waals surface area contributed by atoms with Gasteiger partial charge in [-0.05, 0) is 45.2 Å². The van der Waals surface area contributed by atoms with Crippen molar-refractivity contribution in [1.82, 2.24) is 4.90 Å². The van der Waals surface area contributed by atoms with E-state index >= 15 is 0 Å². The van der Waals surface area contributed by atoms with Gasteiger partial charge in [0.1, 0.15) is 0 Å². The quantitative estimate of drug-likeness (QED) is 0.731. The number of hydrogen-bond donors (Lipinski definition) is 1. The highest BCUT2D eigenvalue weighted by Gasteiger charge is 2.26. The number of rotatable bonds is 1. The van der Waals surface area contributed by atoms with Crippen molar-refractivity contribution in [3.8, 4) is 0 Å². The third kappa shape index (κ3) is 2.14. The topological polar surface area (TPSA) is 32.5 Å². The Bertz CT molecular complexity index is 347. The summed E-state index contributed by atoms with van der Waals surface area (Å²) in [6.07, 6.45) is 0. The van der Waals surface area contributed by atoms with Crippen LogP contribution in [0.1, 0.15) is 13.8 Å². The molecule has 2 rings (SSSR count). The van der Waals surface area contributed by atoms with Crippen molar-refractivity contribution in [2.24, 2.45) is 0 Å². The van der Waals surface area contributed by atoms with Crippen LogP contribution in [0.15, 0.2) is 24.3 Å². The van der Waals surface area contributed by atoms with Crippen LogP contribution < -0.4 is 10.6 Å². The maximum Gasteiger partial charge on any atom is 0.0389 e. The molecule has 16 heavy (non-hydrogen) atoms. The number of benzene rings is 1. The third-order valence-electron chi connectivity index (χ3n) is 3.52. The molecule has 2 N–H and O–H groups in total. The third-order valence-corrected chi connectivity index (χ3v) is 3.52. The lowest BCUT2D eigenvalue weighted by atomic mass is 10.1. The Hall–Kier alpha value is -1.22. The summed E-state index contributed by atoms with van der Waals surface area (Å²) in [7, 11) is 2.20. The average molecular weight is 219 g/mol. The first-order valence-corrected chi connectivity index (χ1v) is 5.90. The summed E-state index contributed by atoms with van der Waals surface area (Å²) in [5, 5.41) is 0. The number of hydrogen-bond acceptors (Lipinski definition) is 3. The van der Waals surface area contributed by atoms with Crippen molar-refractivity contribution in [3.05, 3.63) is 24.3 Å². The first-order chi connectivity index (χ1) is 7.58. The van der Waals surface area contributed by atoms with Crippen molar-refractivity contribution < 1.29 is 0 Å². The Morgan fingerprint density at radius 1 is 1.06 bits per heavy atom. The summed E-state index contributed by atoms with van der Waals surface area (Å²) in [5.74, 6) is 0. The lowest BCUT2D eigenvalue weighted by molar-refractivity contribution is 0.206. The summed E-state index contributed by atoms with van der Waals surface area (Å²) < 4.78 is 0. The normalized spacial score (nSPS) is 27.1. The standard InChI is InChI=1S/C13H21N3/c1-10-9-16(11(2)8-15(10)3)13-6-4-12(14)5-7-13/h4-7,10-11H,8-9,14H2,1-3H3/t10-,11+/m0/s1. The van der Waals surface area contributed by atoms with E-state index in [2.05, 4.69) is 42.8 Å². The van der Waals surface area contributed by atoms with E-state index < -0.39 is 0 Å². The second kappa shape index (κ2) is 4.34. The van der Waals surface area contributed by atoms with Gasteiger partial charge < -0.3 is 10.6 Å². The molecule has 0 amide bonds. The molecule has 0 bridgehead atoms. The number of likely N-dealkylation sites (N-methyl/N-ethyl adjacent to an activating group) is 1. The highest BCUT2D eigenvalue weighted by atomic mass is 15.3. The van der Waals surface area contributed by atoms with Gasteiger partial charge in [-0.25, -0.2) is 0 Å². The summed E-state index contributed by atoms with van der Waals surface area (Å²) in [4.78, 5) is 4.88. The Kier molecular flexibility index (Phi) is 3.06. The lowest BCUT2D eigenvalue weighted by Crippen LogP contribution is -2.55. The first kappa shape index (κ1) is 11.3. The first-order valence-electron chi connectivity index (χ1n) is 5.90. The maximum atomic E-state index is 5.71. The molecule has 2 atom stereocenters. The molecule has 1 aliphatic rings. The fraction of sp³-hybridized carbons (Fsp3) is 0.538. The maximum absolute atomic E-state index is 5.71. The van der Waals surface area contributed by atoms with E-state index in [1.165, 1.54) is 5.69 Å². The molecular weight excluding hydrogens is 198 g/mol. The fourth-order valence-electron chi connectivity index (χ4n) is 2.32. The number of nitrogens with two attached hydrogens (primary N) is 1. The van der Waals surface area contributed by atoms with Crippen LogP contribution in [0.2, 0.25) is 0 Å². The summed E-state index contributed by atoms with van der Waals surface area (Å²) in [5.41, 5.74) is 7.82. The molecule has 1 aliphatic heterocycles. The minimum absolute atomic E-state index is 0.560. The monoisotopic (exact) mass is 219 g/mol. The van der Waals surface area contributed by atoms with Crippen molar-refractivity contribution in [1.29, 1.82) is 0 Å². The van der Waals surface area contributed by atoms with Crippen LogP contribution in [0.4, 0.5) is 11.4 Å². The summed E-state index contributed by atoms with van der Waals surface area (Å²) in [6.45, 7) is 6.75. The van der Waals surface area contributed by atoms with Crippen LogP contribution in [-0.4, -0.2) is 37.1 Å². The predicted molar refractivity (Wildman–Crippen MR) is 69.8 cm³/mol. The van der Waals surface area contributed by atoms with Gasteiger partial charge >= 0.3 is 0 Å². The second-order valence-corrected chi connectivity index (χ2v) is 4.88.